The molecule has 29 heavy (non-hydrogen) atoms. The highest BCUT2D eigenvalue weighted by atomic mass is 16.6. The molecule has 0 spiro atoms. The number of ether oxygens (including phenoxy) is 1. The van der Waals surface area contributed by atoms with E-state index in [1.807, 2.05) is 0 Å². The van der Waals surface area contributed by atoms with Crippen molar-refractivity contribution in [3.05, 3.63) is 35.9 Å². The minimum Gasteiger partial charge on any atom is -0.480 e. The molecule has 0 aliphatic rings. The maximum atomic E-state index is 12.1. The number of nitrogens with one attached hydrogen (secondary N) is 3. The molecule has 0 saturated heterocycles. The second-order valence-electron chi connectivity index (χ2n) is 7.43. The first kappa shape index (κ1) is 23.9. The van der Waals surface area contributed by atoms with Gasteiger partial charge in [0.2, 0.25) is 5.91 Å². The van der Waals surface area contributed by atoms with Crippen molar-refractivity contribution < 1.29 is 29.0 Å². The lowest BCUT2D eigenvalue weighted by molar-refractivity contribution is -0.139. The van der Waals surface area contributed by atoms with Crippen LogP contribution in [0.25, 0.3) is 0 Å². The van der Waals surface area contributed by atoms with Crippen LogP contribution in [-0.4, -0.2) is 53.7 Å². The Bertz CT molecular complexity index is 700. The highest BCUT2D eigenvalue weighted by molar-refractivity contribution is 5.96. The summed E-state index contributed by atoms with van der Waals surface area (Å²) in [6.45, 7) is 5.28. The molecule has 0 fully saturated rings. The smallest absolute Gasteiger partial charge is 0.408 e. The van der Waals surface area contributed by atoms with Crippen molar-refractivity contribution in [3.63, 3.8) is 0 Å². The van der Waals surface area contributed by atoms with Crippen molar-refractivity contribution in [3.8, 4) is 0 Å². The topological polar surface area (TPSA) is 134 Å². The quantitative estimate of drug-likeness (QED) is 0.436. The molecule has 1 atom stereocenters. The zero-order valence-corrected chi connectivity index (χ0v) is 17.0. The Balaban J connectivity index is 2.25. The maximum Gasteiger partial charge on any atom is 0.408 e. The lowest BCUT2D eigenvalue weighted by Gasteiger charge is -2.19. The molecule has 0 aliphatic carbocycles. The van der Waals surface area contributed by atoms with Gasteiger partial charge >= 0.3 is 12.1 Å². The molecule has 0 heterocycles. The molecule has 3 amide bonds. The molecule has 9 heteroatoms. The number of hydrogen-bond donors (Lipinski definition) is 4. The van der Waals surface area contributed by atoms with E-state index in [0.717, 1.165) is 0 Å². The molecule has 1 unspecified atom stereocenters. The minimum atomic E-state index is -1.11. The van der Waals surface area contributed by atoms with Gasteiger partial charge in [-0.25, -0.2) is 9.59 Å². The fraction of sp³-hybridized carbons (Fsp3) is 0.500. The normalized spacial score (nSPS) is 11.8. The average molecular weight is 407 g/mol. The van der Waals surface area contributed by atoms with Gasteiger partial charge in [0.1, 0.15) is 11.6 Å². The Morgan fingerprint density at radius 2 is 1.69 bits per heavy atom. The van der Waals surface area contributed by atoms with E-state index in [4.69, 9.17) is 4.74 Å². The number of carboxylic acids is 1. The molecule has 0 aliphatic heterocycles. The van der Waals surface area contributed by atoms with Crippen LogP contribution in [0, 0.1) is 0 Å². The second kappa shape index (κ2) is 11.7. The number of carboxylic acid groups (broad SMARTS) is 1. The Morgan fingerprint density at radius 1 is 1.03 bits per heavy atom. The van der Waals surface area contributed by atoms with Crippen LogP contribution >= 0.6 is 0 Å². The molecule has 1 aromatic rings. The fourth-order valence-electron chi connectivity index (χ4n) is 2.32. The van der Waals surface area contributed by atoms with Gasteiger partial charge in [-0.3, -0.25) is 9.59 Å². The van der Waals surface area contributed by atoms with Crippen LogP contribution in [0.4, 0.5) is 4.79 Å². The summed E-state index contributed by atoms with van der Waals surface area (Å²) in [5, 5.41) is 16.8. The number of amides is 3. The summed E-state index contributed by atoms with van der Waals surface area (Å²) >= 11 is 0. The number of hydrogen-bond acceptors (Lipinski definition) is 5. The van der Waals surface area contributed by atoms with Crippen LogP contribution < -0.4 is 16.0 Å². The molecule has 0 bridgehead atoms. The summed E-state index contributed by atoms with van der Waals surface area (Å²) in [6.07, 6.45) is 0.584. The van der Waals surface area contributed by atoms with Gasteiger partial charge in [0.25, 0.3) is 5.91 Å². The Morgan fingerprint density at radius 3 is 2.28 bits per heavy atom. The van der Waals surface area contributed by atoms with Gasteiger partial charge in [-0.2, -0.15) is 0 Å². The summed E-state index contributed by atoms with van der Waals surface area (Å²) in [5.74, 6) is -1.93. The Labute approximate surface area is 170 Å². The molecular weight excluding hydrogens is 378 g/mol. The molecule has 1 aromatic carbocycles. The van der Waals surface area contributed by atoms with E-state index in [9.17, 15) is 24.3 Å². The zero-order valence-electron chi connectivity index (χ0n) is 17.0. The molecule has 0 saturated carbocycles. The molecule has 160 valence electrons. The Hall–Kier alpha value is -3.10. The van der Waals surface area contributed by atoms with E-state index in [2.05, 4.69) is 16.0 Å². The van der Waals surface area contributed by atoms with Crippen LogP contribution in [-0.2, 0) is 14.3 Å². The maximum absolute atomic E-state index is 12.1. The van der Waals surface area contributed by atoms with Crippen LogP contribution in [0.5, 0.6) is 0 Å². The lowest BCUT2D eigenvalue weighted by atomic mass is 10.1. The summed E-state index contributed by atoms with van der Waals surface area (Å²) < 4.78 is 5.02. The van der Waals surface area contributed by atoms with E-state index in [0.29, 0.717) is 24.9 Å². The molecule has 9 nitrogen and oxygen atoms in total. The number of carbonyl (C=O) groups excluding carboxylic acids is 3. The summed E-state index contributed by atoms with van der Waals surface area (Å²) in [6, 6.07) is 7.37. The van der Waals surface area contributed by atoms with Crippen molar-refractivity contribution >= 4 is 23.9 Å². The first-order valence-corrected chi connectivity index (χ1v) is 9.41. The third-order valence-electron chi connectivity index (χ3n) is 3.67. The van der Waals surface area contributed by atoms with Crippen LogP contribution in [0.15, 0.2) is 30.3 Å². The van der Waals surface area contributed by atoms with Gasteiger partial charge in [0.15, 0.2) is 0 Å². The first-order chi connectivity index (χ1) is 13.6. The van der Waals surface area contributed by atoms with Crippen molar-refractivity contribution in [1.82, 2.24) is 16.0 Å². The third-order valence-corrected chi connectivity index (χ3v) is 3.67. The van der Waals surface area contributed by atoms with Gasteiger partial charge in [-0.15, -0.1) is 0 Å². The minimum absolute atomic E-state index is 0.209. The van der Waals surface area contributed by atoms with E-state index in [1.165, 1.54) is 0 Å². The highest BCUT2D eigenvalue weighted by Crippen LogP contribution is 2.06. The number of alkyl carbamates (subject to hydrolysis) is 1. The van der Waals surface area contributed by atoms with Gasteiger partial charge < -0.3 is 25.8 Å². The van der Waals surface area contributed by atoms with Gasteiger partial charge in [-0.1, -0.05) is 18.2 Å². The van der Waals surface area contributed by atoms with Crippen LogP contribution in [0.1, 0.15) is 50.4 Å². The van der Waals surface area contributed by atoms with E-state index >= 15 is 0 Å². The molecule has 0 aromatic heterocycles. The molecular formula is C20H29N3O6. The SMILES string of the molecule is CC(C)(C)OC(=O)NCC(=O)NCCCCC(NC(=O)c1ccccc1)C(=O)O. The van der Waals surface area contributed by atoms with Gasteiger partial charge in [0, 0.05) is 12.1 Å². The third kappa shape index (κ3) is 10.7. The molecule has 1 rings (SSSR count). The standard InChI is InChI=1S/C20H29N3O6/c1-20(2,3)29-19(28)22-13-16(24)21-12-8-7-11-15(18(26)27)23-17(25)14-9-5-4-6-10-14/h4-6,9-10,15H,7-8,11-13H2,1-3H3,(H,21,24)(H,22,28)(H,23,25)(H,26,27). The number of unbranched alkanes of at least 4 members (excludes halogenated alkanes) is 1. The van der Waals surface area contributed by atoms with Crippen molar-refractivity contribution in [2.75, 3.05) is 13.1 Å². The number of rotatable bonds is 10. The lowest BCUT2D eigenvalue weighted by Crippen LogP contribution is -2.41. The summed E-state index contributed by atoms with van der Waals surface area (Å²) in [5.41, 5.74) is -0.250. The first-order valence-electron chi connectivity index (χ1n) is 9.41. The Kier molecular flexibility index (Phi) is 9.64. The van der Waals surface area contributed by atoms with E-state index < -0.39 is 29.6 Å². The second-order valence-corrected chi connectivity index (χ2v) is 7.43. The van der Waals surface area contributed by atoms with E-state index in [1.54, 1.807) is 51.1 Å². The zero-order chi connectivity index (χ0) is 21.9. The highest BCUT2D eigenvalue weighted by Gasteiger charge is 2.20. The van der Waals surface area contributed by atoms with Gasteiger partial charge in [-0.05, 0) is 52.2 Å². The summed E-state index contributed by atoms with van der Waals surface area (Å²) in [4.78, 5) is 46.6. The average Bonchev–Trinajstić information content (AvgIpc) is 2.64. The number of benzene rings is 1. The van der Waals surface area contributed by atoms with Crippen LogP contribution in [0.2, 0.25) is 0 Å². The predicted octanol–water partition coefficient (Wildman–Crippen LogP) is 1.68. The summed E-state index contributed by atoms with van der Waals surface area (Å²) in [7, 11) is 0. The largest absolute Gasteiger partial charge is 0.480 e. The monoisotopic (exact) mass is 407 g/mol. The van der Waals surface area contributed by atoms with Crippen molar-refractivity contribution in [2.24, 2.45) is 0 Å². The number of aliphatic carboxylic acids is 1. The predicted molar refractivity (Wildman–Crippen MR) is 106 cm³/mol. The van der Waals surface area contributed by atoms with Crippen molar-refractivity contribution in [2.45, 2.75) is 51.7 Å². The van der Waals surface area contributed by atoms with Gasteiger partial charge in [0.05, 0.1) is 6.54 Å². The van der Waals surface area contributed by atoms with E-state index in [-0.39, 0.29) is 18.9 Å². The number of carbonyl (C=O) groups is 4. The molecule has 4 N–H and O–H groups in total. The fourth-order valence-corrected chi connectivity index (χ4v) is 2.32. The van der Waals surface area contributed by atoms with Crippen molar-refractivity contribution in [1.29, 1.82) is 0 Å². The van der Waals surface area contributed by atoms with Crippen LogP contribution in [0.3, 0.4) is 0 Å². The molecule has 0 radical (unpaired) electrons.